The number of rotatable bonds is 8. The van der Waals surface area contributed by atoms with E-state index in [1.54, 1.807) is 24.5 Å². The molecule has 2 saturated heterocycles. The number of fused-ring (bicyclic) bond motifs is 2. The molecular weight excluding hydrogens is 588 g/mol. The van der Waals surface area contributed by atoms with E-state index in [4.69, 9.17) is 14.7 Å². The van der Waals surface area contributed by atoms with Crippen LogP contribution < -0.4 is 14.5 Å². The standard InChI is InChI=1S/C37H40N8O2/c1-42-19-6-10-30(42)26-47-37-40-33-25-43(34-12-4-9-28-8-2-3-11-31(28)34)20-16-32(33)36(41-37)44-21-22-45(29(24-44)15-17-38)35(46)14-13-27-7-5-18-39-23-27/h2-5,7-9,11-14,18,23,29-30H,6,10,15-16,19-22,24-26H2,1H3/b14-13+/t29-,30-/m0/s1. The summed E-state index contributed by atoms with van der Waals surface area (Å²) < 4.78 is 6.34. The minimum atomic E-state index is -0.266. The van der Waals surface area contributed by atoms with Crippen LogP contribution in [-0.4, -0.2) is 89.1 Å². The molecule has 10 nitrogen and oxygen atoms in total. The maximum absolute atomic E-state index is 13.3. The molecule has 47 heavy (non-hydrogen) atoms. The number of likely N-dealkylation sites (tertiary alicyclic amines) is 1. The van der Waals surface area contributed by atoms with Gasteiger partial charge >= 0.3 is 6.01 Å². The third-order valence-corrected chi connectivity index (χ3v) is 9.70. The Labute approximate surface area is 275 Å². The van der Waals surface area contributed by atoms with Crippen molar-refractivity contribution in [3.8, 4) is 12.1 Å². The van der Waals surface area contributed by atoms with Crippen molar-refractivity contribution in [2.24, 2.45) is 0 Å². The fourth-order valence-electron chi connectivity index (χ4n) is 7.12. The van der Waals surface area contributed by atoms with Crippen LogP contribution in [-0.2, 0) is 17.8 Å². The lowest BCUT2D eigenvalue weighted by molar-refractivity contribution is -0.128. The van der Waals surface area contributed by atoms with Gasteiger partial charge in [-0.25, -0.2) is 0 Å². The number of nitrogens with zero attached hydrogens (tertiary/aromatic N) is 8. The first-order valence-electron chi connectivity index (χ1n) is 16.5. The first-order chi connectivity index (χ1) is 23.1. The Morgan fingerprint density at radius 2 is 1.91 bits per heavy atom. The number of amides is 1. The van der Waals surface area contributed by atoms with Gasteiger partial charge in [0.05, 0.1) is 30.8 Å². The highest BCUT2D eigenvalue weighted by Crippen LogP contribution is 2.35. The van der Waals surface area contributed by atoms with Crippen molar-refractivity contribution < 1.29 is 9.53 Å². The van der Waals surface area contributed by atoms with E-state index < -0.39 is 0 Å². The number of hydrogen-bond donors (Lipinski definition) is 0. The SMILES string of the molecule is CN1CCC[C@H]1COc1nc2c(c(N3CCN(C(=O)/C=C/c4cccnc4)[C@@H](CC#N)C3)n1)CCN(c1cccc3ccccc13)C2. The van der Waals surface area contributed by atoms with Crippen molar-refractivity contribution in [1.82, 2.24) is 24.8 Å². The minimum Gasteiger partial charge on any atom is -0.462 e. The molecule has 10 heteroatoms. The first-order valence-corrected chi connectivity index (χ1v) is 16.5. The van der Waals surface area contributed by atoms with E-state index in [9.17, 15) is 10.1 Å². The fraction of sp³-hybridized carbons (Fsp3) is 0.378. The van der Waals surface area contributed by atoms with Crippen LogP contribution in [0, 0.1) is 11.3 Å². The second kappa shape index (κ2) is 13.8. The summed E-state index contributed by atoms with van der Waals surface area (Å²) in [5, 5.41) is 12.2. The fourth-order valence-corrected chi connectivity index (χ4v) is 7.12. The molecule has 4 aromatic rings. The summed E-state index contributed by atoms with van der Waals surface area (Å²) in [6.07, 6.45) is 10.1. The summed E-state index contributed by atoms with van der Waals surface area (Å²) in [6.45, 7) is 4.72. The maximum Gasteiger partial charge on any atom is 0.318 e. The highest BCUT2D eigenvalue weighted by molar-refractivity contribution is 5.94. The molecule has 2 fully saturated rings. The Morgan fingerprint density at radius 1 is 1.02 bits per heavy atom. The van der Waals surface area contributed by atoms with Crippen LogP contribution in [0.1, 0.15) is 36.1 Å². The number of piperazine rings is 1. The van der Waals surface area contributed by atoms with Crippen molar-refractivity contribution in [1.29, 1.82) is 5.26 Å². The lowest BCUT2D eigenvalue weighted by Gasteiger charge is -2.42. The number of benzene rings is 2. The zero-order valence-electron chi connectivity index (χ0n) is 26.8. The minimum absolute atomic E-state index is 0.103. The molecule has 1 amide bonds. The average Bonchev–Trinajstić information content (AvgIpc) is 3.53. The number of carbonyl (C=O) groups excluding carboxylic acids is 1. The molecule has 0 N–H and O–H groups in total. The van der Waals surface area contributed by atoms with Gasteiger partial charge in [-0.15, -0.1) is 0 Å². The molecule has 0 saturated carbocycles. The monoisotopic (exact) mass is 628 g/mol. The van der Waals surface area contributed by atoms with Gasteiger partial charge in [0.25, 0.3) is 0 Å². The molecule has 7 rings (SSSR count). The van der Waals surface area contributed by atoms with Gasteiger partial charge < -0.3 is 24.3 Å². The second-order valence-electron chi connectivity index (χ2n) is 12.6. The van der Waals surface area contributed by atoms with Crippen LogP contribution in [0.25, 0.3) is 16.8 Å². The number of ether oxygens (including phenoxy) is 1. The molecule has 0 aliphatic carbocycles. The molecule has 2 aromatic carbocycles. The summed E-state index contributed by atoms with van der Waals surface area (Å²) in [5.41, 5.74) is 4.15. The zero-order valence-corrected chi connectivity index (χ0v) is 26.8. The van der Waals surface area contributed by atoms with E-state index in [2.05, 4.69) is 75.3 Å². The Kier molecular flexibility index (Phi) is 8.98. The van der Waals surface area contributed by atoms with Crippen molar-refractivity contribution in [3.63, 3.8) is 0 Å². The Morgan fingerprint density at radius 3 is 2.74 bits per heavy atom. The lowest BCUT2D eigenvalue weighted by atomic mass is 10.0. The molecule has 3 aliphatic heterocycles. The molecule has 0 radical (unpaired) electrons. The normalized spacial score (nSPS) is 20.0. The summed E-state index contributed by atoms with van der Waals surface area (Å²) in [5.74, 6) is 0.761. The summed E-state index contributed by atoms with van der Waals surface area (Å²) >= 11 is 0. The number of carbonyl (C=O) groups is 1. The highest BCUT2D eigenvalue weighted by atomic mass is 16.5. The third-order valence-electron chi connectivity index (χ3n) is 9.70. The predicted octanol–water partition coefficient (Wildman–Crippen LogP) is 4.70. The van der Waals surface area contributed by atoms with Gasteiger partial charge in [0.15, 0.2) is 0 Å². The first kappa shape index (κ1) is 30.6. The number of anilines is 2. The van der Waals surface area contributed by atoms with Crippen molar-refractivity contribution in [3.05, 3.63) is 89.9 Å². The van der Waals surface area contributed by atoms with Crippen LogP contribution in [0.2, 0.25) is 0 Å². The molecule has 0 spiro atoms. The zero-order chi connectivity index (χ0) is 32.2. The Hall–Kier alpha value is -5.01. The molecule has 240 valence electrons. The van der Waals surface area contributed by atoms with E-state index >= 15 is 0 Å². The third kappa shape index (κ3) is 6.62. The van der Waals surface area contributed by atoms with Gasteiger partial charge in [0, 0.05) is 67.3 Å². The average molecular weight is 629 g/mol. The number of hydrogen-bond acceptors (Lipinski definition) is 9. The van der Waals surface area contributed by atoms with Gasteiger partial charge in [-0.05, 0) is 62.0 Å². The van der Waals surface area contributed by atoms with E-state index in [-0.39, 0.29) is 18.4 Å². The van der Waals surface area contributed by atoms with Gasteiger partial charge in [0.1, 0.15) is 12.4 Å². The Balaban J connectivity index is 1.16. The molecule has 3 aliphatic rings. The smallest absolute Gasteiger partial charge is 0.318 e. The topological polar surface area (TPSA) is 102 Å². The molecule has 5 heterocycles. The summed E-state index contributed by atoms with van der Waals surface area (Å²) in [7, 11) is 2.14. The van der Waals surface area contributed by atoms with Crippen LogP contribution in [0.5, 0.6) is 6.01 Å². The second-order valence-corrected chi connectivity index (χ2v) is 12.6. The largest absolute Gasteiger partial charge is 0.462 e. The van der Waals surface area contributed by atoms with Gasteiger partial charge in [0.2, 0.25) is 5.91 Å². The van der Waals surface area contributed by atoms with Gasteiger partial charge in [-0.2, -0.15) is 15.2 Å². The van der Waals surface area contributed by atoms with Crippen LogP contribution in [0.3, 0.4) is 0 Å². The number of likely N-dealkylation sites (N-methyl/N-ethyl adjacent to an activating group) is 1. The van der Waals surface area contributed by atoms with Gasteiger partial charge in [-0.1, -0.05) is 42.5 Å². The lowest BCUT2D eigenvalue weighted by Crippen LogP contribution is -2.55. The number of aromatic nitrogens is 3. The van der Waals surface area contributed by atoms with Crippen molar-refractivity contribution in [2.75, 3.05) is 56.2 Å². The summed E-state index contributed by atoms with van der Waals surface area (Å²) in [4.78, 5) is 36.3. The van der Waals surface area contributed by atoms with E-state index in [1.807, 2.05) is 17.0 Å². The maximum atomic E-state index is 13.3. The summed E-state index contributed by atoms with van der Waals surface area (Å²) in [6, 6.07) is 21.5. The number of pyridine rings is 1. The van der Waals surface area contributed by atoms with E-state index in [0.717, 1.165) is 48.6 Å². The molecule has 2 atom stereocenters. The molecule has 0 unspecified atom stereocenters. The van der Waals surface area contributed by atoms with E-state index in [1.165, 1.54) is 22.9 Å². The molecule has 2 aromatic heterocycles. The van der Waals surface area contributed by atoms with Crippen LogP contribution >= 0.6 is 0 Å². The van der Waals surface area contributed by atoms with Crippen molar-refractivity contribution in [2.45, 2.75) is 44.3 Å². The predicted molar refractivity (Wildman–Crippen MR) is 183 cm³/mol. The molecule has 0 bridgehead atoms. The number of nitriles is 1. The van der Waals surface area contributed by atoms with Crippen molar-refractivity contribution >= 4 is 34.3 Å². The van der Waals surface area contributed by atoms with Crippen LogP contribution in [0.15, 0.2) is 73.1 Å². The van der Waals surface area contributed by atoms with Crippen LogP contribution in [0.4, 0.5) is 11.5 Å². The quantitative estimate of drug-likeness (QED) is 0.257. The van der Waals surface area contributed by atoms with E-state index in [0.29, 0.717) is 44.8 Å². The molecular formula is C37H40N8O2. The van der Waals surface area contributed by atoms with Gasteiger partial charge in [-0.3, -0.25) is 9.78 Å². The Bertz CT molecular complexity index is 1800. The highest BCUT2D eigenvalue weighted by Gasteiger charge is 2.34.